The molecule has 0 radical (unpaired) electrons. The van der Waals surface area contributed by atoms with E-state index in [9.17, 15) is 4.79 Å². The van der Waals surface area contributed by atoms with E-state index in [0.717, 1.165) is 25.7 Å². The lowest BCUT2D eigenvalue weighted by atomic mass is 10.0. The summed E-state index contributed by atoms with van der Waals surface area (Å²) in [6.45, 7) is 4.37. The second-order valence-electron chi connectivity index (χ2n) is 3.62. The lowest BCUT2D eigenvalue weighted by molar-refractivity contribution is -0.119. The van der Waals surface area contributed by atoms with Gasteiger partial charge in [0.15, 0.2) is 0 Å². The van der Waals surface area contributed by atoms with Gasteiger partial charge in [-0.15, -0.1) is 11.6 Å². The lowest BCUT2D eigenvalue weighted by Gasteiger charge is -2.02. The average molecular weight is 191 g/mol. The molecular formula is C10H19ClO. The summed E-state index contributed by atoms with van der Waals surface area (Å²) in [5.74, 6) is 1.69. The summed E-state index contributed by atoms with van der Waals surface area (Å²) in [5, 5.41) is 0. The molecule has 2 heteroatoms. The average Bonchev–Trinajstić information content (AvgIpc) is 2.00. The van der Waals surface area contributed by atoms with E-state index in [4.69, 9.17) is 11.6 Å². The highest BCUT2D eigenvalue weighted by Crippen LogP contribution is 2.08. The molecule has 0 amide bonds. The van der Waals surface area contributed by atoms with Gasteiger partial charge in [0, 0.05) is 18.7 Å². The Labute approximate surface area is 80.5 Å². The molecule has 0 saturated heterocycles. The van der Waals surface area contributed by atoms with E-state index in [-0.39, 0.29) is 0 Å². The molecule has 0 heterocycles. The minimum absolute atomic E-state index is 0.372. The highest BCUT2D eigenvalue weighted by molar-refractivity contribution is 6.17. The first kappa shape index (κ1) is 12.0. The maximum atomic E-state index is 11.1. The van der Waals surface area contributed by atoms with Crippen molar-refractivity contribution in [2.45, 2.75) is 46.0 Å². The molecule has 0 fully saturated rings. The number of Topliss-reactive ketones (excluding diaryl/α,β-unsaturated/α-hetero) is 1. The van der Waals surface area contributed by atoms with Crippen LogP contribution < -0.4 is 0 Å². The maximum Gasteiger partial charge on any atom is 0.132 e. The highest BCUT2D eigenvalue weighted by Gasteiger charge is 2.01. The van der Waals surface area contributed by atoms with Crippen molar-refractivity contribution >= 4 is 17.4 Å². The van der Waals surface area contributed by atoms with Crippen LogP contribution >= 0.6 is 11.6 Å². The van der Waals surface area contributed by atoms with Crippen LogP contribution in [0.15, 0.2) is 0 Å². The fourth-order valence-electron chi connectivity index (χ4n) is 1.10. The van der Waals surface area contributed by atoms with Crippen molar-refractivity contribution < 1.29 is 4.79 Å². The SMILES string of the molecule is CC(C)CCCC(=O)CCCCl. The van der Waals surface area contributed by atoms with Crippen molar-refractivity contribution in [2.24, 2.45) is 5.92 Å². The number of carbonyl (C=O) groups excluding carboxylic acids is 1. The number of hydrogen-bond donors (Lipinski definition) is 0. The quantitative estimate of drug-likeness (QED) is 0.563. The van der Waals surface area contributed by atoms with Gasteiger partial charge in [-0.3, -0.25) is 4.79 Å². The molecule has 0 spiro atoms. The normalized spacial score (nSPS) is 10.7. The summed E-state index contributed by atoms with van der Waals surface area (Å²) in [4.78, 5) is 11.1. The van der Waals surface area contributed by atoms with Gasteiger partial charge in [0.25, 0.3) is 0 Å². The Bertz CT molecular complexity index is 121. The molecule has 0 aliphatic rings. The van der Waals surface area contributed by atoms with E-state index in [0.29, 0.717) is 24.0 Å². The Morgan fingerprint density at radius 2 is 1.83 bits per heavy atom. The predicted octanol–water partition coefficient (Wildman–Crippen LogP) is 3.40. The van der Waals surface area contributed by atoms with E-state index in [1.54, 1.807) is 0 Å². The number of halogens is 1. The summed E-state index contributed by atoms with van der Waals surface area (Å²) in [7, 11) is 0. The van der Waals surface area contributed by atoms with E-state index in [1.807, 2.05) is 0 Å². The molecule has 0 atom stereocenters. The maximum absolute atomic E-state index is 11.1. The second kappa shape index (κ2) is 7.60. The Balaban J connectivity index is 3.20. The largest absolute Gasteiger partial charge is 0.300 e. The summed E-state index contributed by atoms with van der Waals surface area (Å²) >= 11 is 5.48. The third kappa shape index (κ3) is 8.06. The zero-order valence-electron chi connectivity index (χ0n) is 8.11. The second-order valence-corrected chi connectivity index (χ2v) is 4.00. The zero-order chi connectivity index (χ0) is 9.40. The van der Waals surface area contributed by atoms with Crippen LogP contribution in [0.2, 0.25) is 0 Å². The van der Waals surface area contributed by atoms with Crippen molar-refractivity contribution in [3.8, 4) is 0 Å². The molecule has 0 saturated carbocycles. The van der Waals surface area contributed by atoms with E-state index in [2.05, 4.69) is 13.8 Å². The van der Waals surface area contributed by atoms with Gasteiger partial charge >= 0.3 is 0 Å². The molecule has 0 aliphatic heterocycles. The molecule has 0 rings (SSSR count). The monoisotopic (exact) mass is 190 g/mol. The number of alkyl halides is 1. The van der Waals surface area contributed by atoms with Gasteiger partial charge in [-0.25, -0.2) is 0 Å². The molecular weight excluding hydrogens is 172 g/mol. The molecule has 0 aromatic carbocycles. The van der Waals surface area contributed by atoms with Gasteiger partial charge in [0.1, 0.15) is 5.78 Å². The summed E-state index contributed by atoms with van der Waals surface area (Å²) in [5.41, 5.74) is 0. The van der Waals surface area contributed by atoms with Crippen molar-refractivity contribution in [2.75, 3.05) is 5.88 Å². The number of carbonyl (C=O) groups is 1. The third-order valence-corrected chi connectivity index (χ3v) is 2.09. The van der Waals surface area contributed by atoms with E-state index >= 15 is 0 Å². The van der Waals surface area contributed by atoms with Crippen LogP contribution in [0.3, 0.4) is 0 Å². The minimum Gasteiger partial charge on any atom is -0.300 e. The van der Waals surface area contributed by atoms with Crippen LogP contribution in [0.1, 0.15) is 46.0 Å². The fourth-order valence-corrected chi connectivity index (χ4v) is 1.23. The van der Waals surface area contributed by atoms with Gasteiger partial charge < -0.3 is 0 Å². The van der Waals surface area contributed by atoms with Crippen molar-refractivity contribution in [1.82, 2.24) is 0 Å². The summed E-state index contributed by atoms with van der Waals surface area (Å²) < 4.78 is 0. The first-order valence-corrected chi connectivity index (χ1v) is 5.28. The Hall–Kier alpha value is -0.0400. The molecule has 0 aromatic heterocycles. The van der Waals surface area contributed by atoms with Gasteiger partial charge in [0.05, 0.1) is 0 Å². The molecule has 0 aliphatic carbocycles. The lowest BCUT2D eigenvalue weighted by Crippen LogP contribution is -1.99. The minimum atomic E-state index is 0.372. The van der Waals surface area contributed by atoms with Gasteiger partial charge in [-0.1, -0.05) is 20.3 Å². The molecule has 0 aromatic rings. The van der Waals surface area contributed by atoms with Crippen LogP contribution in [0.5, 0.6) is 0 Å². The molecule has 1 nitrogen and oxygen atoms in total. The fraction of sp³-hybridized carbons (Fsp3) is 0.900. The Morgan fingerprint density at radius 1 is 1.25 bits per heavy atom. The van der Waals surface area contributed by atoms with Crippen LogP contribution in [-0.2, 0) is 4.79 Å². The van der Waals surface area contributed by atoms with E-state index < -0.39 is 0 Å². The third-order valence-electron chi connectivity index (χ3n) is 1.83. The number of ketones is 1. The first-order chi connectivity index (χ1) is 5.66. The molecule has 12 heavy (non-hydrogen) atoms. The van der Waals surface area contributed by atoms with Crippen molar-refractivity contribution in [3.05, 3.63) is 0 Å². The smallest absolute Gasteiger partial charge is 0.132 e. The first-order valence-electron chi connectivity index (χ1n) is 4.74. The standard InChI is InChI=1S/C10H19ClO/c1-9(2)5-3-6-10(12)7-4-8-11/h9H,3-8H2,1-2H3. The van der Waals surface area contributed by atoms with Crippen LogP contribution in [0.4, 0.5) is 0 Å². The Kier molecular flexibility index (Phi) is 7.58. The number of rotatable bonds is 7. The van der Waals surface area contributed by atoms with Crippen LogP contribution in [0.25, 0.3) is 0 Å². The van der Waals surface area contributed by atoms with Crippen molar-refractivity contribution in [1.29, 1.82) is 0 Å². The number of hydrogen-bond acceptors (Lipinski definition) is 1. The van der Waals surface area contributed by atoms with Crippen molar-refractivity contribution in [3.63, 3.8) is 0 Å². The Morgan fingerprint density at radius 3 is 2.33 bits per heavy atom. The summed E-state index contributed by atoms with van der Waals surface area (Å²) in [6.07, 6.45) is 4.45. The van der Waals surface area contributed by atoms with E-state index in [1.165, 1.54) is 0 Å². The zero-order valence-corrected chi connectivity index (χ0v) is 8.86. The molecule has 0 bridgehead atoms. The highest BCUT2D eigenvalue weighted by atomic mass is 35.5. The van der Waals surface area contributed by atoms with Crippen LogP contribution in [-0.4, -0.2) is 11.7 Å². The topological polar surface area (TPSA) is 17.1 Å². The summed E-state index contributed by atoms with van der Waals surface area (Å²) in [6, 6.07) is 0. The van der Waals surface area contributed by atoms with Crippen LogP contribution in [0, 0.1) is 5.92 Å². The van der Waals surface area contributed by atoms with Gasteiger partial charge in [-0.05, 0) is 18.8 Å². The van der Waals surface area contributed by atoms with Gasteiger partial charge in [0.2, 0.25) is 0 Å². The molecule has 0 N–H and O–H groups in total. The molecule has 0 unspecified atom stereocenters. The van der Waals surface area contributed by atoms with Gasteiger partial charge in [-0.2, -0.15) is 0 Å². The molecule has 72 valence electrons. The predicted molar refractivity (Wildman–Crippen MR) is 53.7 cm³/mol.